The van der Waals surface area contributed by atoms with Crippen LogP contribution >= 0.6 is 11.8 Å². The van der Waals surface area contributed by atoms with Gasteiger partial charge in [-0.1, -0.05) is 13.8 Å². The molecule has 1 aromatic rings. The molecule has 0 aliphatic carbocycles. The van der Waals surface area contributed by atoms with E-state index >= 15 is 0 Å². The quantitative estimate of drug-likeness (QED) is 0.786. The highest BCUT2D eigenvalue weighted by atomic mass is 32.2. The summed E-state index contributed by atoms with van der Waals surface area (Å²) in [5.74, 6) is 1.55. The number of benzene rings is 1. The first-order valence-corrected chi connectivity index (χ1v) is 6.62. The van der Waals surface area contributed by atoms with E-state index in [1.54, 1.807) is 17.8 Å². The predicted molar refractivity (Wildman–Crippen MR) is 69.4 cm³/mol. The topological polar surface area (TPSA) is 12.0 Å². The molecule has 16 heavy (non-hydrogen) atoms. The van der Waals surface area contributed by atoms with Crippen LogP contribution in [0.2, 0.25) is 0 Å². The van der Waals surface area contributed by atoms with Crippen molar-refractivity contribution < 1.29 is 4.39 Å². The molecule has 1 N–H and O–H groups in total. The SMILES string of the molecule is CNC(C)c1cc(F)ccc1SCC(C)C. The highest BCUT2D eigenvalue weighted by molar-refractivity contribution is 7.99. The van der Waals surface area contributed by atoms with E-state index < -0.39 is 0 Å². The summed E-state index contributed by atoms with van der Waals surface area (Å²) in [4.78, 5) is 1.18. The fourth-order valence-electron chi connectivity index (χ4n) is 1.40. The number of halogens is 1. The Morgan fingerprint density at radius 3 is 2.56 bits per heavy atom. The number of hydrogen-bond acceptors (Lipinski definition) is 2. The van der Waals surface area contributed by atoms with Gasteiger partial charge in [-0.3, -0.25) is 0 Å². The fraction of sp³-hybridized carbons (Fsp3) is 0.538. The summed E-state index contributed by atoms with van der Waals surface area (Å²) in [5, 5.41) is 3.16. The molecule has 1 nitrogen and oxygen atoms in total. The van der Waals surface area contributed by atoms with Crippen LogP contribution in [-0.2, 0) is 0 Å². The average molecular weight is 241 g/mol. The molecule has 0 aliphatic heterocycles. The van der Waals surface area contributed by atoms with Crippen molar-refractivity contribution in [3.63, 3.8) is 0 Å². The first-order chi connectivity index (χ1) is 7.54. The largest absolute Gasteiger partial charge is 0.313 e. The molecular formula is C13H20FNS. The smallest absolute Gasteiger partial charge is 0.123 e. The molecule has 90 valence electrons. The Hall–Kier alpha value is -0.540. The summed E-state index contributed by atoms with van der Waals surface area (Å²) in [7, 11) is 1.90. The molecule has 0 aliphatic rings. The molecule has 0 radical (unpaired) electrons. The molecule has 1 atom stereocenters. The Morgan fingerprint density at radius 2 is 2.00 bits per heavy atom. The van der Waals surface area contributed by atoms with Gasteiger partial charge in [-0.15, -0.1) is 11.8 Å². The van der Waals surface area contributed by atoms with Crippen molar-refractivity contribution in [3.05, 3.63) is 29.6 Å². The van der Waals surface area contributed by atoms with Crippen molar-refractivity contribution in [2.75, 3.05) is 12.8 Å². The van der Waals surface area contributed by atoms with Crippen LogP contribution in [0.5, 0.6) is 0 Å². The minimum Gasteiger partial charge on any atom is -0.313 e. The van der Waals surface area contributed by atoms with Crippen LogP contribution in [0.15, 0.2) is 23.1 Å². The van der Waals surface area contributed by atoms with E-state index in [-0.39, 0.29) is 11.9 Å². The van der Waals surface area contributed by atoms with Crippen molar-refractivity contribution in [3.8, 4) is 0 Å². The molecule has 1 aromatic carbocycles. The third kappa shape index (κ3) is 3.80. The molecule has 0 bridgehead atoms. The average Bonchev–Trinajstić information content (AvgIpc) is 2.26. The molecule has 0 fully saturated rings. The van der Waals surface area contributed by atoms with Crippen LogP contribution in [0, 0.1) is 11.7 Å². The zero-order chi connectivity index (χ0) is 12.1. The van der Waals surface area contributed by atoms with Gasteiger partial charge in [-0.2, -0.15) is 0 Å². The first-order valence-electron chi connectivity index (χ1n) is 5.64. The van der Waals surface area contributed by atoms with Gasteiger partial charge in [0.05, 0.1) is 0 Å². The molecular weight excluding hydrogens is 221 g/mol. The van der Waals surface area contributed by atoms with Crippen LogP contribution in [0.4, 0.5) is 4.39 Å². The molecule has 1 unspecified atom stereocenters. The van der Waals surface area contributed by atoms with Gasteiger partial charge in [0.15, 0.2) is 0 Å². The molecule has 3 heteroatoms. The Morgan fingerprint density at radius 1 is 1.31 bits per heavy atom. The van der Waals surface area contributed by atoms with E-state index in [4.69, 9.17) is 0 Å². The van der Waals surface area contributed by atoms with Gasteiger partial charge in [0, 0.05) is 16.7 Å². The molecule has 0 saturated heterocycles. The summed E-state index contributed by atoms with van der Waals surface area (Å²) in [6.07, 6.45) is 0. The van der Waals surface area contributed by atoms with Crippen molar-refractivity contribution >= 4 is 11.8 Å². The highest BCUT2D eigenvalue weighted by Gasteiger charge is 2.11. The summed E-state index contributed by atoms with van der Waals surface area (Å²) < 4.78 is 13.2. The Bertz CT molecular complexity index is 339. The normalized spacial score (nSPS) is 13.1. The number of hydrogen-bond donors (Lipinski definition) is 1. The van der Waals surface area contributed by atoms with Crippen molar-refractivity contribution in [2.45, 2.75) is 31.7 Å². The van der Waals surface area contributed by atoms with Crippen molar-refractivity contribution in [2.24, 2.45) is 5.92 Å². The van der Waals surface area contributed by atoms with Crippen LogP contribution in [-0.4, -0.2) is 12.8 Å². The monoisotopic (exact) mass is 241 g/mol. The number of rotatable bonds is 5. The van der Waals surface area contributed by atoms with E-state index in [9.17, 15) is 4.39 Å². The van der Waals surface area contributed by atoms with Crippen molar-refractivity contribution in [1.82, 2.24) is 5.32 Å². The van der Waals surface area contributed by atoms with E-state index in [0.29, 0.717) is 5.92 Å². The van der Waals surface area contributed by atoms with E-state index in [1.165, 1.54) is 11.0 Å². The lowest BCUT2D eigenvalue weighted by Crippen LogP contribution is -2.13. The molecule has 1 rings (SSSR count). The summed E-state index contributed by atoms with van der Waals surface area (Å²) in [6.45, 7) is 6.43. The minimum absolute atomic E-state index is 0.161. The molecule has 0 spiro atoms. The second-order valence-electron chi connectivity index (χ2n) is 4.40. The third-order valence-electron chi connectivity index (χ3n) is 2.44. The second-order valence-corrected chi connectivity index (χ2v) is 5.46. The van der Waals surface area contributed by atoms with Crippen LogP contribution in [0.3, 0.4) is 0 Å². The van der Waals surface area contributed by atoms with Gasteiger partial charge in [0.25, 0.3) is 0 Å². The zero-order valence-electron chi connectivity index (χ0n) is 10.4. The third-order valence-corrected chi connectivity index (χ3v) is 3.96. The van der Waals surface area contributed by atoms with Gasteiger partial charge in [-0.05, 0) is 43.7 Å². The fourth-order valence-corrected chi connectivity index (χ4v) is 2.48. The first kappa shape index (κ1) is 13.5. The highest BCUT2D eigenvalue weighted by Crippen LogP contribution is 2.29. The Labute approximate surface area is 102 Å². The number of nitrogens with one attached hydrogen (secondary N) is 1. The van der Waals surface area contributed by atoms with Gasteiger partial charge in [-0.25, -0.2) is 4.39 Å². The second kappa shape index (κ2) is 6.26. The summed E-state index contributed by atoms with van der Waals surface area (Å²) in [6, 6.07) is 5.23. The maximum atomic E-state index is 13.2. The Kier molecular flexibility index (Phi) is 5.29. The predicted octanol–water partition coefficient (Wildman–Crippen LogP) is 3.85. The zero-order valence-corrected chi connectivity index (χ0v) is 11.2. The van der Waals surface area contributed by atoms with Gasteiger partial charge >= 0.3 is 0 Å². The summed E-state index contributed by atoms with van der Waals surface area (Å²) in [5.41, 5.74) is 1.05. The number of thioether (sulfide) groups is 1. The van der Waals surface area contributed by atoms with Crippen molar-refractivity contribution in [1.29, 1.82) is 0 Å². The molecule has 0 saturated carbocycles. The van der Waals surface area contributed by atoms with Crippen LogP contribution in [0.25, 0.3) is 0 Å². The summed E-state index contributed by atoms with van der Waals surface area (Å²) >= 11 is 1.80. The van der Waals surface area contributed by atoms with Gasteiger partial charge in [0.1, 0.15) is 5.82 Å². The molecule has 0 amide bonds. The molecule has 0 heterocycles. The van der Waals surface area contributed by atoms with Gasteiger partial charge < -0.3 is 5.32 Å². The van der Waals surface area contributed by atoms with E-state index in [1.807, 2.05) is 20.0 Å². The lowest BCUT2D eigenvalue weighted by Gasteiger charge is -2.16. The standard InChI is InChI=1S/C13H20FNS/c1-9(2)8-16-13-6-5-11(14)7-12(13)10(3)15-4/h5-7,9-10,15H,8H2,1-4H3. The lowest BCUT2D eigenvalue weighted by atomic mass is 10.1. The van der Waals surface area contributed by atoms with Gasteiger partial charge in [0.2, 0.25) is 0 Å². The van der Waals surface area contributed by atoms with E-state index in [0.717, 1.165) is 11.3 Å². The molecule has 0 aromatic heterocycles. The Balaban J connectivity index is 2.89. The van der Waals surface area contributed by atoms with Crippen LogP contribution < -0.4 is 5.32 Å². The minimum atomic E-state index is -0.161. The lowest BCUT2D eigenvalue weighted by molar-refractivity contribution is 0.601. The van der Waals surface area contributed by atoms with E-state index in [2.05, 4.69) is 19.2 Å². The van der Waals surface area contributed by atoms with Crippen LogP contribution in [0.1, 0.15) is 32.4 Å². The maximum Gasteiger partial charge on any atom is 0.123 e. The maximum absolute atomic E-state index is 13.2.